The quantitative estimate of drug-likeness (QED) is 0.521. The minimum atomic E-state index is -0.256. The van der Waals surface area contributed by atoms with Crippen molar-refractivity contribution in [2.75, 3.05) is 36.4 Å². The molecule has 8 heteroatoms. The molecule has 0 aliphatic carbocycles. The van der Waals surface area contributed by atoms with Crippen molar-refractivity contribution in [3.8, 4) is 0 Å². The van der Waals surface area contributed by atoms with E-state index >= 15 is 0 Å². The zero-order valence-corrected chi connectivity index (χ0v) is 18.6. The first-order valence-electron chi connectivity index (χ1n) is 10.1. The molecule has 1 aliphatic heterocycles. The minimum Gasteiger partial charge on any atom is -0.459 e. The Kier molecular flexibility index (Phi) is 6.83. The van der Waals surface area contributed by atoms with Crippen LogP contribution in [0.5, 0.6) is 0 Å². The Morgan fingerprint density at radius 3 is 2.38 bits per heavy atom. The molecule has 0 radical (unpaired) electrons. The lowest BCUT2D eigenvalue weighted by Gasteiger charge is -2.35. The Bertz CT molecular complexity index is 1120. The summed E-state index contributed by atoms with van der Waals surface area (Å²) in [6.45, 7) is 2.69. The number of nitrogens with zero attached hydrogens (tertiary/aromatic N) is 2. The summed E-state index contributed by atoms with van der Waals surface area (Å²) in [7, 11) is 0. The fraction of sp³-hybridized carbons (Fsp3) is 0.167. The van der Waals surface area contributed by atoms with Gasteiger partial charge in [0.25, 0.3) is 5.91 Å². The van der Waals surface area contributed by atoms with Crippen molar-refractivity contribution in [1.82, 2.24) is 4.90 Å². The molecule has 3 aromatic rings. The molecule has 0 bridgehead atoms. The maximum Gasteiger partial charge on any atom is 0.289 e. The third-order valence-electron chi connectivity index (χ3n) is 5.18. The van der Waals surface area contributed by atoms with Crippen molar-refractivity contribution in [3.05, 3.63) is 88.3 Å². The summed E-state index contributed by atoms with van der Waals surface area (Å²) < 4.78 is 5.20. The number of nitrogens with one attached hydrogen (secondary N) is 1. The summed E-state index contributed by atoms with van der Waals surface area (Å²) in [5.41, 5.74) is 2.44. The van der Waals surface area contributed by atoms with Gasteiger partial charge in [0.1, 0.15) is 0 Å². The molecular formula is C24H21Cl2N3O3. The zero-order chi connectivity index (χ0) is 22.5. The third kappa shape index (κ3) is 5.33. The highest BCUT2D eigenvalue weighted by molar-refractivity contribution is 6.35. The summed E-state index contributed by atoms with van der Waals surface area (Å²) in [4.78, 5) is 28.6. The van der Waals surface area contributed by atoms with Crippen LogP contribution in [0.1, 0.15) is 16.1 Å². The molecule has 1 saturated heterocycles. The van der Waals surface area contributed by atoms with Crippen molar-refractivity contribution >= 4 is 52.5 Å². The average molecular weight is 470 g/mol. The van der Waals surface area contributed by atoms with Gasteiger partial charge in [0, 0.05) is 53.7 Å². The van der Waals surface area contributed by atoms with E-state index in [0.29, 0.717) is 40.1 Å². The van der Waals surface area contributed by atoms with Crippen LogP contribution in [0.4, 0.5) is 11.4 Å². The maximum atomic E-state index is 12.4. The Balaban J connectivity index is 1.30. The minimum absolute atomic E-state index is 0.0827. The van der Waals surface area contributed by atoms with Crippen LogP contribution < -0.4 is 10.2 Å². The summed E-state index contributed by atoms with van der Waals surface area (Å²) in [6, 6.07) is 16.1. The Labute approximate surface area is 196 Å². The highest BCUT2D eigenvalue weighted by Gasteiger charge is 2.23. The first-order valence-corrected chi connectivity index (χ1v) is 10.9. The van der Waals surface area contributed by atoms with Gasteiger partial charge in [-0.25, -0.2) is 0 Å². The molecule has 0 atom stereocenters. The standard InChI is InChI=1S/C24H21Cl2N3O3/c25-18-5-3-17(21(26)16-18)4-10-23(30)27-19-6-8-20(9-7-19)28-11-13-29(14-12-28)24(31)22-2-1-15-32-22/h1-10,15-16H,11-14H2,(H,27,30)/b10-4+. The molecule has 0 saturated carbocycles. The Morgan fingerprint density at radius 1 is 0.969 bits per heavy atom. The number of amides is 2. The van der Waals surface area contributed by atoms with Crippen molar-refractivity contribution in [3.63, 3.8) is 0 Å². The van der Waals surface area contributed by atoms with Gasteiger partial charge in [-0.3, -0.25) is 9.59 Å². The van der Waals surface area contributed by atoms with Crippen LogP contribution in [-0.4, -0.2) is 42.9 Å². The van der Waals surface area contributed by atoms with Gasteiger partial charge in [-0.15, -0.1) is 0 Å². The fourth-order valence-corrected chi connectivity index (χ4v) is 3.94. The number of hydrogen-bond donors (Lipinski definition) is 1. The predicted octanol–water partition coefficient (Wildman–Crippen LogP) is 5.20. The highest BCUT2D eigenvalue weighted by Crippen LogP contribution is 2.23. The van der Waals surface area contributed by atoms with Crippen molar-refractivity contribution < 1.29 is 14.0 Å². The number of benzene rings is 2. The molecule has 6 nitrogen and oxygen atoms in total. The lowest BCUT2D eigenvalue weighted by atomic mass is 10.2. The topological polar surface area (TPSA) is 65.8 Å². The molecule has 2 aromatic carbocycles. The number of hydrogen-bond acceptors (Lipinski definition) is 4. The molecule has 4 rings (SSSR count). The number of carbonyl (C=O) groups is 2. The second-order valence-electron chi connectivity index (χ2n) is 7.29. The lowest BCUT2D eigenvalue weighted by molar-refractivity contribution is -0.111. The van der Waals surface area contributed by atoms with Gasteiger partial charge in [-0.2, -0.15) is 0 Å². The second-order valence-corrected chi connectivity index (χ2v) is 8.14. The van der Waals surface area contributed by atoms with Gasteiger partial charge in [0.05, 0.1) is 6.26 Å². The van der Waals surface area contributed by atoms with Crippen molar-refractivity contribution in [2.45, 2.75) is 0 Å². The fourth-order valence-electron chi connectivity index (χ4n) is 3.47. The number of anilines is 2. The van der Waals surface area contributed by atoms with E-state index in [9.17, 15) is 9.59 Å². The van der Waals surface area contributed by atoms with Gasteiger partial charge in [0.15, 0.2) is 5.76 Å². The number of rotatable bonds is 5. The number of carbonyl (C=O) groups excluding carboxylic acids is 2. The first kappa shape index (κ1) is 22.0. The molecule has 2 amide bonds. The molecule has 1 N–H and O–H groups in total. The smallest absolute Gasteiger partial charge is 0.289 e. The molecule has 32 heavy (non-hydrogen) atoms. The number of furan rings is 1. The van der Waals surface area contributed by atoms with E-state index in [1.165, 1.54) is 12.3 Å². The van der Waals surface area contributed by atoms with Crippen LogP contribution in [0.15, 0.2) is 71.4 Å². The summed E-state index contributed by atoms with van der Waals surface area (Å²) in [6.07, 6.45) is 4.58. The van der Waals surface area contributed by atoms with Gasteiger partial charge in [-0.05, 0) is 60.2 Å². The Morgan fingerprint density at radius 2 is 1.72 bits per heavy atom. The van der Waals surface area contributed by atoms with E-state index in [0.717, 1.165) is 18.8 Å². The predicted molar refractivity (Wildman–Crippen MR) is 127 cm³/mol. The number of piperazine rings is 1. The van der Waals surface area contributed by atoms with Crippen LogP contribution >= 0.6 is 23.2 Å². The van der Waals surface area contributed by atoms with Crippen LogP contribution in [-0.2, 0) is 4.79 Å². The monoisotopic (exact) mass is 469 g/mol. The average Bonchev–Trinajstić information content (AvgIpc) is 3.34. The number of halogens is 2. The van der Waals surface area contributed by atoms with E-state index in [2.05, 4.69) is 10.2 Å². The van der Waals surface area contributed by atoms with Gasteiger partial charge < -0.3 is 19.5 Å². The van der Waals surface area contributed by atoms with E-state index in [-0.39, 0.29) is 11.8 Å². The van der Waals surface area contributed by atoms with Crippen LogP contribution in [0.2, 0.25) is 10.0 Å². The maximum absolute atomic E-state index is 12.4. The second kappa shape index (κ2) is 9.94. The largest absolute Gasteiger partial charge is 0.459 e. The Hall–Kier alpha value is -3.22. The molecular weight excluding hydrogens is 449 g/mol. The zero-order valence-electron chi connectivity index (χ0n) is 17.1. The van der Waals surface area contributed by atoms with Crippen molar-refractivity contribution in [1.29, 1.82) is 0 Å². The molecule has 164 valence electrons. The molecule has 0 spiro atoms. The third-order valence-corrected chi connectivity index (χ3v) is 5.74. The van der Waals surface area contributed by atoms with E-state index in [1.54, 1.807) is 41.3 Å². The highest BCUT2D eigenvalue weighted by atomic mass is 35.5. The van der Waals surface area contributed by atoms with E-state index < -0.39 is 0 Å². The van der Waals surface area contributed by atoms with Crippen LogP contribution in [0.25, 0.3) is 6.08 Å². The van der Waals surface area contributed by atoms with Gasteiger partial charge in [-0.1, -0.05) is 29.3 Å². The summed E-state index contributed by atoms with van der Waals surface area (Å²) in [5, 5.41) is 3.86. The summed E-state index contributed by atoms with van der Waals surface area (Å²) in [5.74, 6) is 0.0281. The molecule has 1 fully saturated rings. The summed E-state index contributed by atoms with van der Waals surface area (Å²) >= 11 is 12.0. The first-order chi connectivity index (χ1) is 15.5. The normalized spacial score (nSPS) is 14.1. The molecule has 1 aromatic heterocycles. The molecule has 0 unspecified atom stereocenters. The van der Waals surface area contributed by atoms with Crippen LogP contribution in [0.3, 0.4) is 0 Å². The van der Waals surface area contributed by atoms with E-state index in [1.807, 2.05) is 24.3 Å². The molecule has 2 heterocycles. The van der Waals surface area contributed by atoms with Gasteiger partial charge in [0.2, 0.25) is 5.91 Å². The van der Waals surface area contributed by atoms with Crippen molar-refractivity contribution in [2.24, 2.45) is 0 Å². The SMILES string of the molecule is O=C(/C=C/c1ccc(Cl)cc1Cl)Nc1ccc(N2CCN(C(=O)c3ccco3)CC2)cc1. The van der Waals surface area contributed by atoms with Gasteiger partial charge >= 0.3 is 0 Å². The lowest BCUT2D eigenvalue weighted by Crippen LogP contribution is -2.48. The van der Waals surface area contributed by atoms with Crippen LogP contribution in [0, 0.1) is 0 Å². The molecule has 1 aliphatic rings. The van der Waals surface area contributed by atoms with E-state index in [4.69, 9.17) is 27.6 Å².